The van der Waals surface area contributed by atoms with Crippen molar-refractivity contribution in [3.63, 3.8) is 0 Å². The summed E-state index contributed by atoms with van der Waals surface area (Å²) in [6.07, 6.45) is 3.86. The van der Waals surface area contributed by atoms with Gasteiger partial charge in [-0.2, -0.15) is 4.98 Å². The Morgan fingerprint density at radius 2 is 2.12 bits per heavy atom. The number of hydrogen-bond donors (Lipinski definition) is 2. The second kappa shape index (κ2) is 7.62. The number of aromatic nitrogens is 2. The van der Waals surface area contributed by atoms with Crippen molar-refractivity contribution in [1.82, 2.24) is 9.97 Å². The number of anilines is 3. The molecule has 1 aliphatic rings. The van der Waals surface area contributed by atoms with Gasteiger partial charge in [0.25, 0.3) is 0 Å². The second-order valence-corrected chi connectivity index (χ2v) is 6.25. The number of hydrogen-bond acceptors (Lipinski definition) is 7. The van der Waals surface area contributed by atoms with Crippen LogP contribution >= 0.6 is 11.6 Å². The third-order valence-corrected chi connectivity index (χ3v) is 4.41. The Bertz CT molecular complexity index is 756. The molecule has 0 amide bonds. The van der Waals surface area contributed by atoms with Gasteiger partial charge in [-0.05, 0) is 43.5 Å². The Balaban J connectivity index is 1.94. The summed E-state index contributed by atoms with van der Waals surface area (Å²) in [5.41, 5.74) is 0.559. The minimum atomic E-state index is -0.496. The molecule has 2 heterocycles. The third-order valence-electron chi connectivity index (χ3n) is 4.16. The molecular formula is C16H18ClN5O3. The highest BCUT2D eigenvalue weighted by atomic mass is 35.5. The van der Waals surface area contributed by atoms with Crippen molar-refractivity contribution >= 4 is 34.7 Å². The first-order valence-corrected chi connectivity index (χ1v) is 8.38. The van der Waals surface area contributed by atoms with Crippen LogP contribution in [-0.2, 0) is 0 Å². The molecular weight excluding hydrogens is 346 g/mol. The van der Waals surface area contributed by atoms with E-state index in [1.807, 2.05) is 0 Å². The smallest absolute Gasteiger partial charge is 0.329 e. The zero-order valence-electron chi connectivity index (χ0n) is 13.4. The fourth-order valence-corrected chi connectivity index (χ4v) is 3.02. The topological polar surface area (TPSA) is 104 Å². The summed E-state index contributed by atoms with van der Waals surface area (Å²) in [6, 6.07) is 6.81. The highest BCUT2D eigenvalue weighted by molar-refractivity contribution is 6.30. The van der Waals surface area contributed by atoms with Gasteiger partial charge in [0.2, 0.25) is 11.8 Å². The average molecular weight is 364 g/mol. The molecule has 8 nitrogen and oxygen atoms in total. The lowest BCUT2D eigenvalue weighted by molar-refractivity contribution is -0.384. The minimum absolute atomic E-state index is 0.0683. The number of benzene rings is 1. The van der Waals surface area contributed by atoms with Crippen molar-refractivity contribution in [3.8, 4) is 0 Å². The van der Waals surface area contributed by atoms with Gasteiger partial charge < -0.3 is 15.3 Å². The van der Waals surface area contributed by atoms with Crippen LogP contribution in [0.4, 0.5) is 23.1 Å². The molecule has 1 atom stereocenters. The first-order valence-electron chi connectivity index (χ1n) is 8.00. The molecule has 0 saturated carbocycles. The monoisotopic (exact) mass is 363 g/mol. The summed E-state index contributed by atoms with van der Waals surface area (Å²) in [7, 11) is 0. The fourth-order valence-electron chi connectivity index (χ4n) is 2.90. The molecule has 25 heavy (non-hydrogen) atoms. The van der Waals surface area contributed by atoms with Crippen LogP contribution in [0.15, 0.2) is 30.5 Å². The van der Waals surface area contributed by atoms with Gasteiger partial charge in [-0.1, -0.05) is 11.6 Å². The van der Waals surface area contributed by atoms with E-state index in [0.29, 0.717) is 11.6 Å². The number of nitro groups is 1. The largest absolute Gasteiger partial charge is 0.394 e. The first-order chi connectivity index (χ1) is 12.1. The van der Waals surface area contributed by atoms with Crippen molar-refractivity contribution in [3.05, 3.63) is 45.6 Å². The molecule has 9 heteroatoms. The van der Waals surface area contributed by atoms with Crippen molar-refractivity contribution in [2.75, 3.05) is 23.4 Å². The lowest BCUT2D eigenvalue weighted by atomic mass is 10.0. The maximum Gasteiger partial charge on any atom is 0.329 e. The molecule has 0 radical (unpaired) electrons. The van der Waals surface area contributed by atoms with Crippen LogP contribution in [-0.4, -0.2) is 39.2 Å². The van der Waals surface area contributed by atoms with Crippen molar-refractivity contribution in [2.45, 2.75) is 25.3 Å². The van der Waals surface area contributed by atoms with Gasteiger partial charge >= 0.3 is 5.69 Å². The van der Waals surface area contributed by atoms with Gasteiger partial charge in [-0.25, -0.2) is 4.98 Å². The van der Waals surface area contributed by atoms with Gasteiger partial charge in [0, 0.05) is 17.3 Å². The van der Waals surface area contributed by atoms with E-state index in [-0.39, 0.29) is 30.1 Å². The van der Waals surface area contributed by atoms with E-state index in [1.54, 1.807) is 29.2 Å². The zero-order valence-corrected chi connectivity index (χ0v) is 14.2. The molecule has 1 saturated heterocycles. The van der Waals surface area contributed by atoms with Gasteiger partial charge in [0.1, 0.15) is 6.20 Å². The number of aliphatic hydroxyl groups is 1. The van der Waals surface area contributed by atoms with Crippen LogP contribution in [0.2, 0.25) is 5.02 Å². The van der Waals surface area contributed by atoms with E-state index in [4.69, 9.17) is 11.6 Å². The quantitative estimate of drug-likeness (QED) is 0.621. The van der Waals surface area contributed by atoms with Crippen molar-refractivity contribution in [2.24, 2.45) is 0 Å². The van der Waals surface area contributed by atoms with Crippen LogP contribution < -0.4 is 10.2 Å². The van der Waals surface area contributed by atoms with Gasteiger partial charge in [0.05, 0.1) is 17.6 Å². The molecule has 0 aliphatic carbocycles. The lowest BCUT2D eigenvalue weighted by Gasteiger charge is -2.35. The Hall–Kier alpha value is -2.45. The van der Waals surface area contributed by atoms with Crippen molar-refractivity contribution in [1.29, 1.82) is 0 Å². The van der Waals surface area contributed by atoms with Crippen LogP contribution in [0.3, 0.4) is 0 Å². The summed E-state index contributed by atoms with van der Waals surface area (Å²) < 4.78 is 0. The molecule has 1 aromatic heterocycles. The van der Waals surface area contributed by atoms with Crippen LogP contribution in [0.25, 0.3) is 0 Å². The highest BCUT2D eigenvalue weighted by Gasteiger charge is 2.30. The molecule has 1 fully saturated rings. The number of rotatable bonds is 5. The molecule has 3 rings (SSSR count). The first kappa shape index (κ1) is 17.4. The number of halogens is 1. The lowest BCUT2D eigenvalue weighted by Crippen LogP contribution is -2.42. The van der Waals surface area contributed by atoms with E-state index in [9.17, 15) is 15.2 Å². The molecule has 0 bridgehead atoms. The minimum Gasteiger partial charge on any atom is -0.394 e. The molecule has 0 spiro atoms. The van der Waals surface area contributed by atoms with Gasteiger partial charge in [0.15, 0.2) is 0 Å². The SMILES string of the molecule is O=[N+]([O-])c1cnc(Nc2ccc(Cl)cc2)nc1N1CCCCC1CO. The van der Waals surface area contributed by atoms with E-state index < -0.39 is 4.92 Å². The standard InChI is InChI=1S/C16H18ClN5O3/c17-11-4-6-12(7-5-11)19-16-18-9-14(22(24)25)15(20-16)21-8-2-1-3-13(21)10-23/h4-7,9,13,23H,1-3,8,10H2,(H,18,19,20). The van der Waals surface area contributed by atoms with Gasteiger partial charge in [-0.15, -0.1) is 0 Å². The second-order valence-electron chi connectivity index (χ2n) is 5.82. The highest BCUT2D eigenvalue weighted by Crippen LogP contribution is 2.32. The third kappa shape index (κ3) is 3.97. The summed E-state index contributed by atoms with van der Waals surface area (Å²) >= 11 is 5.86. The molecule has 2 N–H and O–H groups in total. The maximum atomic E-state index is 11.4. The molecule has 132 valence electrons. The summed E-state index contributed by atoms with van der Waals surface area (Å²) in [5.74, 6) is 0.486. The summed E-state index contributed by atoms with van der Waals surface area (Å²) in [5, 5.41) is 24.6. The normalized spacial score (nSPS) is 17.4. The summed E-state index contributed by atoms with van der Waals surface area (Å²) in [4.78, 5) is 21.1. The molecule has 1 aromatic carbocycles. The van der Waals surface area contributed by atoms with E-state index in [0.717, 1.165) is 24.9 Å². The number of nitrogens with one attached hydrogen (secondary N) is 1. The number of nitrogens with zero attached hydrogens (tertiary/aromatic N) is 4. The van der Waals surface area contributed by atoms with Crippen molar-refractivity contribution < 1.29 is 10.0 Å². The van der Waals surface area contributed by atoms with E-state index >= 15 is 0 Å². The van der Waals surface area contributed by atoms with Crippen LogP contribution in [0, 0.1) is 10.1 Å². The predicted molar refractivity (Wildman–Crippen MR) is 95.5 cm³/mol. The van der Waals surface area contributed by atoms with Crippen LogP contribution in [0.1, 0.15) is 19.3 Å². The van der Waals surface area contributed by atoms with Gasteiger partial charge in [-0.3, -0.25) is 10.1 Å². The van der Waals surface area contributed by atoms with E-state index in [1.165, 1.54) is 6.20 Å². The Morgan fingerprint density at radius 1 is 1.36 bits per heavy atom. The summed E-state index contributed by atoms with van der Waals surface area (Å²) in [6.45, 7) is 0.546. The molecule has 1 aliphatic heterocycles. The maximum absolute atomic E-state index is 11.4. The number of aliphatic hydroxyl groups excluding tert-OH is 1. The molecule has 1 unspecified atom stereocenters. The predicted octanol–water partition coefficient (Wildman–Crippen LogP) is 3.13. The Morgan fingerprint density at radius 3 is 2.80 bits per heavy atom. The van der Waals surface area contributed by atoms with E-state index in [2.05, 4.69) is 15.3 Å². The molecule has 2 aromatic rings. The average Bonchev–Trinajstić information content (AvgIpc) is 2.63. The van der Waals surface area contributed by atoms with Crippen LogP contribution in [0.5, 0.6) is 0 Å². The fraction of sp³-hybridized carbons (Fsp3) is 0.375. The number of piperidine rings is 1. The Kier molecular flexibility index (Phi) is 5.30. The Labute approximate surface area is 149 Å². The zero-order chi connectivity index (χ0) is 17.8.